The number of aliphatic hydroxyl groups is 1. The summed E-state index contributed by atoms with van der Waals surface area (Å²) in [4.78, 5) is 22.7. The van der Waals surface area contributed by atoms with Crippen LogP contribution in [0.1, 0.15) is 33.6 Å². The molecule has 0 rings (SSSR count). The maximum absolute atomic E-state index is 11.6. The van der Waals surface area contributed by atoms with Gasteiger partial charge in [-0.3, -0.25) is 9.59 Å². The number of carbonyl (C=O) groups excluding carboxylic acids is 2. The zero-order chi connectivity index (χ0) is 12.6. The van der Waals surface area contributed by atoms with Crippen molar-refractivity contribution in [3.63, 3.8) is 0 Å². The Kier molecular flexibility index (Phi) is 8.29. The van der Waals surface area contributed by atoms with E-state index in [-0.39, 0.29) is 17.5 Å². The lowest BCUT2D eigenvalue weighted by atomic mass is 9.99. The molecule has 0 fully saturated rings. The molecule has 0 aromatic carbocycles. The highest BCUT2D eigenvalue weighted by atomic mass is 32.2. The van der Waals surface area contributed by atoms with Gasteiger partial charge in [0.15, 0.2) is 5.12 Å². The highest BCUT2D eigenvalue weighted by Gasteiger charge is 2.24. The van der Waals surface area contributed by atoms with E-state index in [2.05, 4.69) is 0 Å². The van der Waals surface area contributed by atoms with Gasteiger partial charge in [-0.1, -0.05) is 18.7 Å². The predicted octanol–water partition coefficient (Wildman–Crippen LogP) is 1.61. The summed E-state index contributed by atoms with van der Waals surface area (Å²) in [5.41, 5.74) is 0. The fourth-order valence-corrected chi connectivity index (χ4v) is 2.13. The second-order valence-electron chi connectivity index (χ2n) is 3.44. The van der Waals surface area contributed by atoms with E-state index in [1.54, 1.807) is 13.8 Å². The zero-order valence-electron chi connectivity index (χ0n) is 10.1. The van der Waals surface area contributed by atoms with Gasteiger partial charge in [0.2, 0.25) is 0 Å². The minimum atomic E-state index is -0.721. The van der Waals surface area contributed by atoms with E-state index < -0.39 is 12.0 Å². The van der Waals surface area contributed by atoms with Gasteiger partial charge in [-0.05, 0) is 26.0 Å². The summed E-state index contributed by atoms with van der Waals surface area (Å²) in [6.45, 7) is 5.54. The summed E-state index contributed by atoms with van der Waals surface area (Å²) in [5, 5.41) is 9.41. The molecule has 0 aliphatic rings. The van der Waals surface area contributed by atoms with Crippen molar-refractivity contribution < 1.29 is 19.4 Å². The SMILES string of the molecule is CCOC(=O)CC[C@@H](C(=O)SCC)[C@@H](C)O. The van der Waals surface area contributed by atoms with Crippen molar-refractivity contribution in [2.45, 2.75) is 39.7 Å². The molecule has 5 heteroatoms. The van der Waals surface area contributed by atoms with Crippen LogP contribution < -0.4 is 0 Å². The van der Waals surface area contributed by atoms with Gasteiger partial charge in [0.1, 0.15) is 0 Å². The molecule has 0 saturated heterocycles. The molecule has 4 nitrogen and oxygen atoms in total. The maximum atomic E-state index is 11.6. The maximum Gasteiger partial charge on any atom is 0.305 e. The molecule has 0 spiro atoms. The summed E-state index contributed by atoms with van der Waals surface area (Å²) < 4.78 is 4.77. The number of hydrogen-bond donors (Lipinski definition) is 1. The normalized spacial score (nSPS) is 14.2. The average molecular weight is 248 g/mol. The summed E-state index contributed by atoms with van der Waals surface area (Å²) in [5.74, 6) is -0.113. The Labute approximate surface area is 101 Å². The molecule has 94 valence electrons. The van der Waals surface area contributed by atoms with Crippen LogP contribution in [-0.2, 0) is 14.3 Å². The second-order valence-corrected chi connectivity index (χ2v) is 4.71. The van der Waals surface area contributed by atoms with Gasteiger partial charge in [-0.2, -0.15) is 0 Å². The van der Waals surface area contributed by atoms with Crippen LogP contribution in [0.5, 0.6) is 0 Å². The van der Waals surface area contributed by atoms with Crippen molar-refractivity contribution in [1.82, 2.24) is 0 Å². The van der Waals surface area contributed by atoms with Gasteiger partial charge in [-0.25, -0.2) is 0 Å². The Morgan fingerprint density at radius 2 is 2.00 bits per heavy atom. The Bertz CT molecular complexity index is 228. The number of ether oxygens (including phenoxy) is 1. The fraction of sp³-hybridized carbons (Fsp3) is 0.818. The molecule has 0 saturated carbocycles. The van der Waals surface area contributed by atoms with Crippen LogP contribution in [0.4, 0.5) is 0 Å². The molecule has 16 heavy (non-hydrogen) atoms. The smallest absolute Gasteiger partial charge is 0.305 e. The lowest BCUT2D eigenvalue weighted by Gasteiger charge is -2.17. The van der Waals surface area contributed by atoms with Crippen LogP contribution in [0, 0.1) is 5.92 Å². The number of hydrogen-bond acceptors (Lipinski definition) is 5. The molecule has 2 atom stereocenters. The van der Waals surface area contributed by atoms with Gasteiger partial charge in [0, 0.05) is 6.42 Å². The van der Waals surface area contributed by atoms with Crippen molar-refractivity contribution in [3.8, 4) is 0 Å². The van der Waals surface area contributed by atoms with E-state index in [0.29, 0.717) is 18.8 Å². The van der Waals surface area contributed by atoms with Crippen molar-refractivity contribution in [3.05, 3.63) is 0 Å². The first-order chi connectivity index (χ1) is 7.52. The highest BCUT2D eigenvalue weighted by molar-refractivity contribution is 8.13. The predicted molar refractivity (Wildman–Crippen MR) is 64.2 cm³/mol. The summed E-state index contributed by atoms with van der Waals surface area (Å²) >= 11 is 1.18. The first-order valence-electron chi connectivity index (χ1n) is 5.53. The average Bonchev–Trinajstić information content (AvgIpc) is 2.18. The molecule has 0 aromatic heterocycles. The van der Waals surface area contributed by atoms with E-state index in [1.165, 1.54) is 11.8 Å². The quantitative estimate of drug-likeness (QED) is 0.693. The summed E-state index contributed by atoms with van der Waals surface area (Å²) in [7, 11) is 0. The third kappa shape index (κ3) is 6.12. The van der Waals surface area contributed by atoms with Gasteiger partial charge in [0.25, 0.3) is 0 Å². The number of thioether (sulfide) groups is 1. The summed E-state index contributed by atoms with van der Waals surface area (Å²) in [6, 6.07) is 0. The third-order valence-corrected chi connectivity index (χ3v) is 3.01. The Morgan fingerprint density at radius 3 is 2.44 bits per heavy atom. The largest absolute Gasteiger partial charge is 0.466 e. The number of esters is 1. The lowest BCUT2D eigenvalue weighted by Crippen LogP contribution is -2.25. The molecular formula is C11H20O4S. The van der Waals surface area contributed by atoms with E-state index in [9.17, 15) is 14.7 Å². The van der Waals surface area contributed by atoms with Crippen molar-refractivity contribution in [2.75, 3.05) is 12.4 Å². The third-order valence-electron chi connectivity index (χ3n) is 2.14. The Balaban J connectivity index is 4.13. The van der Waals surface area contributed by atoms with E-state index in [4.69, 9.17) is 4.74 Å². The molecular weight excluding hydrogens is 228 g/mol. The van der Waals surface area contributed by atoms with Gasteiger partial charge < -0.3 is 9.84 Å². The molecule has 0 aliphatic carbocycles. The van der Waals surface area contributed by atoms with Crippen molar-refractivity contribution in [1.29, 1.82) is 0 Å². The van der Waals surface area contributed by atoms with E-state index in [0.717, 1.165) is 0 Å². The highest BCUT2D eigenvalue weighted by Crippen LogP contribution is 2.20. The molecule has 0 heterocycles. The molecule has 0 unspecified atom stereocenters. The first-order valence-corrected chi connectivity index (χ1v) is 6.51. The minimum absolute atomic E-state index is 0.0539. The minimum Gasteiger partial charge on any atom is -0.466 e. The topological polar surface area (TPSA) is 63.6 Å². The number of aliphatic hydroxyl groups excluding tert-OH is 1. The second kappa shape index (κ2) is 8.58. The number of carbonyl (C=O) groups is 2. The van der Waals surface area contributed by atoms with E-state index >= 15 is 0 Å². The van der Waals surface area contributed by atoms with Crippen LogP contribution in [-0.4, -0.2) is 34.7 Å². The Hall–Kier alpha value is -0.550. The van der Waals surface area contributed by atoms with Gasteiger partial charge >= 0.3 is 5.97 Å². The molecule has 0 aromatic rings. The van der Waals surface area contributed by atoms with Crippen molar-refractivity contribution >= 4 is 22.8 Å². The van der Waals surface area contributed by atoms with Crippen LogP contribution >= 0.6 is 11.8 Å². The fourth-order valence-electron chi connectivity index (χ4n) is 1.31. The lowest BCUT2D eigenvalue weighted by molar-refractivity contribution is -0.143. The summed E-state index contributed by atoms with van der Waals surface area (Å²) in [6.07, 6.45) is -0.192. The molecule has 0 amide bonds. The molecule has 0 radical (unpaired) electrons. The zero-order valence-corrected chi connectivity index (χ0v) is 10.9. The monoisotopic (exact) mass is 248 g/mol. The van der Waals surface area contributed by atoms with Crippen LogP contribution in [0.25, 0.3) is 0 Å². The van der Waals surface area contributed by atoms with Crippen LogP contribution in [0.15, 0.2) is 0 Å². The van der Waals surface area contributed by atoms with Crippen molar-refractivity contribution in [2.24, 2.45) is 5.92 Å². The number of rotatable bonds is 7. The van der Waals surface area contributed by atoms with Gasteiger partial charge in [-0.15, -0.1) is 0 Å². The Morgan fingerprint density at radius 1 is 1.38 bits per heavy atom. The first kappa shape index (κ1) is 15.4. The van der Waals surface area contributed by atoms with Crippen LogP contribution in [0.3, 0.4) is 0 Å². The van der Waals surface area contributed by atoms with Gasteiger partial charge in [0.05, 0.1) is 18.6 Å². The molecule has 0 aliphatic heterocycles. The molecule has 1 N–H and O–H groups in total. The standard InChI is InChI=1S/C11H20O4S/c1-4-15-10(13)7-6-9(8(3)12)11(14)16-5-2/h8-9,12H,4-7H2,1-3H3/t8-,9-/m1/s1. The van der Waals surface area contributed by atoms with Crippen LogP contribution in [0.2, 0.25) is 0 Å². The van der Waals surface area contributed by atoms with E-state index in [1.807, 2.05) is 6.92 Å². The molecule has 0 bridgehead atoms.